The Morgan fingerprint density at radius 2 is 2.07 bits per heavy atom. The Bertz CT molecular complexity index is 899. The Morgan fingerprint density at radius 3 is 2.70 bits per heavy atom. The van der Waals surface area contributed by atoms with Crippen molar-refractivity contribution in [3.05, 3.63) is 24.3 Å². The molecule has 1 amide bonds. The maximum absolute atomic E-state index is 12.9. The van der Waals surface area contributed by atoms with Gasteiger partial charge in [0.15, 0.2) is 4.34 Å². The number of ether oxygens (including phenoxy) is 1. The van der Waals surface area contributed by atoms with Gasteiger partial charge in [-0.15, -0.1) is 10.2 Å². The van der Waals surface area contributed by atoms with E-state index in [1.165, 1.54) is 46.6 Å². The summed E-state index contributed by atoms with van der Waals surface area (Å²) < 4.78 is 33.0. The van der Waals surface area contributed by atoms with E-state index in [1.807, 2.05) is 6.26 Å². The van der Waals surface area contributed by atoms with Gasteiger partial charge in [-0.25, -0.2) is 8.42 Å². The van der Waals surface area contributed by atoms with Gasteiger partial charge < -0.3 is 10.1 Å². The van der Waals surface area contributed by atoms with Gasteiger partial charge in [0.2, 0.25) is 21.1 Å². The van der Waals surface area contributed by atoms with Crippen molar-refractivity contribution in [2.24, 2.45) is 5.92 Å². The van der Waals surface area contributed by atoms with Gasteiger partial charge in [-0.1, -0.05) is 23.1 Å². The Hall–Kier alpha value is -1.69. The molecule has 146 valence electrons. The molecule has 3 rings (SSSR count). The van der Waals surface area contributed by atoms with E-state index in [9.17, 15) is 13.2 Å². The molecule has 1 aliphatic rings. The standard InChI is InChI=1S/C16H20N4O4S3/c1-24-12-5-7-13(8-6-12)27(22,23)20-9-3-4-11(10-20)14(21)17-15-18-19-16(25-2)26-15/h5-8,11H,3-4,9-10H2,1-2H3,(H,17,18,21)/t11-/m1/s1. The number of hydrogen-bond donors (Lipinski definition) is 1. The Balaban J connectivity index is 1.69. The third-order valence-electron chi connectivity index (χ3n) is 4.26. The number of amides is 1. The fourth-order valence-electron chi connectivity index (χ4n) is 2.82. The smallest absolute Gasteiger partial charge is 0.243 e. The zero-order chi connectivity index (χ0) is 19.4. The second-order valence-corrected chi connectivity index (χ2v) is 9.91. The van der Waals surface area contributed by atoms with E-state index in [0.717, 1.165) is 4.34 Å². The number of aromatic nitrogens is 2. The molecule has 2 heterocycles. The molecule has 1 fully saturated rings. The van der Waals surface area contributed by atoms with Crippen LogP contribution in [0.5, 0.6) is 5.75 Å². The first kappa shape index (κ1) is 20.1. The summed E-state index contributed by atoms with van der Waals surface area (Å²) in [4.78, 5) is 12.7. The van der Waals surface area contributed by atoms with E-state index in [4.69, 9.17) is 4.74 Å². The normalized spacial score (nSPS) is 18.2. The van der Waals surface area contributed by atoms with E-state index in [1.54, 1.807) is 12.1 Å². The summed E-state index contributed by atoms with van der Waals surface area (Å²) in [6.45, 7) is 0.544. The highest BCUT2D eigenvalue weighted by atomic mass is 32.2. The van der Waals surface area contributed by atoms with Crippen LogP contribution in [0.1, 0.15) is 12.8 Å². The van der Waals surface area contributed by atoms with E-state index in [0.29, 0.717) is 30.3 Å². The number of carbonyl (C=O) groups excluding carboxylic acids is 1. The zero-order valence-electron chi connectivity index (χ0n) is 14.9. The average molecular weight is 429 g/mol. The highest BCUT2D eigenvalue weighted by Gasteiger charge is 2.33. The summed E-state index contributed by atoms with van der Waals surface area (Å²) in [6, 6.07) is 6.26. The van der Waals surface area contributed by atoms with Crippen LogP contribution < -0.4 is 10.1 Å². The van der Waals surface area contributed by atoms with Crippen molar-refractivity contribution in [2.75, 3.05) is 31.8 Å². The van der Waals surface area contributed by atoms with Crippen molar-refractivity contribution in [3.63, 3.8) is 0 Å². The van der Waals surface area contributed by atoms with Crippen molar-refractivity contribution in [3.8, 4) is 5.75 Å². The summed E-state index contributed by atoms with van der Waals surface area (Å²) in [7, 11) is -2.13. The number of nitrogens with one attached hydrogen (secondary N) is 1. The van der Waals surface area contributed by atoms with E-state index in [2.05, 4.69) is 15.5 Å². The van der Waals surface area contributed by atoms with E-state index in [-0.39, 0.29) is 17.3 Å². The van der Waals surface area contributed by atoms with Gasteiger partial charge in [-0.05, 0) is 43.4 Å². The summed E-state index contributed by atoms with van der Waals surface area (Å²) in [5.41, 5.74) is 0. The average Bonchev–Trinajstić information content (AvgIpc) is 3.15. The first-order valence-electron chi connectivity index (χ1n) is 8.26. The lowest BCUT2D eigenvalue weighted by atomic mass is 9.99. The first-order valence-corrected chi connectivity index (χ1v) is 11.7. The van der Waals surface area contributed by atoms with Crippen LogP contribution >= 0.6 is 23.1 Å². The summed E-state index contributed by atoms with van der Waals surface area (Å²) >= 11 is 2.75. The monoisotopic (exact) mass is 428 g/mol. The van der Waals surface area contributed by atoms with E-state index < -0.39 is 15.9 Å². The van der Waals surface area contributed by atoms with Crippen molar-refractivity contribution < 1.29 is 17.9 Å². The molecular formula is C16H20N4O4S3. The largest absolute Gasteiger partial charge is 0.497 e. The maximum Gasteiger partial charge on any atom is 0.243 e. The SMILES string of the molecule is COc1ccc(S(=O)(=O)N2CCC[C@@H](C(=O)Nc3nnc(SC)s3)C2)cc1. The highest BCUT2D eigenvalue weighted by molar-refractivity contribution is 8.00. The van der Waals surface area contributed by atoms with Crippen molar-refractivity contribution in [1.29, 1.82) is 0 Å². The van der Waals surface area contributed by atoms with E-state index >= 15 is 0 Å². The molecule has 1 aliphatic heterocycles. The van der Waals surface area contributed by atoms with Crippen molar-refractivity contribution in [2.45, 2.75) is 22.1 Å². The molecule has 8 nitrogen and oxygen atoms in total. The van der Waals surface area contributed by atoms with Gasteiger partial charge in [0.1, 0.15) is 5.75 Å². The van der Waals surface area contributed by atoms with Crippen LogP contribution in [0.4, 0.5) is 5.13 Å². The second kappa shape index (κ2) is 8.55. The molecule has 0 spiro atoms. The van der Waals surface area contributed by atoms with Gasteiger partial charge in [-0.2, -0.15) is 4.31 Å². The molecule has 1 N–H and O–H groups in total. The Kier molecular flexibility index (Phi) is 6.35. The number of carbonyl (C=O) groups is 1. The fourth-order valence-corrected chi connectivity index (χ4v) is 5.52. The molecule has 27 heavy (non-hydrogen) atoms. The zero-order valence-corrected chi connectivity index (χ0v) is 17.4. The lowest BCUT2D eigenvalue weighted by molar-refractivity contribution is -0.120. The number of methoxy groups -OCH3 is 1. The van der Waals surface area contributed by atoms with Crippen molar-refractivity contribution in [1.82, 2.24) is 14.5 Å². The predicted molar refractivity (Wildman–Crippen MR) is 105 cm³/mol. The summed E-state index contributed by atoms with van der Waals surface area (Å²) in [5.74, 6) is -0.0617. The topological polar surface area (TPSA) is 101 Å². The van der Waals surface area contributed by atoms with Gasteiger partial charge in [0.05, 0.1) is 17.9 Å². The van der Waals surface area contributed by atoms with Crippen LogP contribution in [0.25, 0.3) is 0 Å². The minimum atomic E-state index is -3.66. The fraction of sp³-hybridized carbons (Fsp3) is 0.438. The van der Waals surface area contributed by atoms with Crippen LogP contribution in [-0.4, -0.2) is 55.3 Å². The lowest BCUT2D eigenvalue weighted by Gasteiger charge is -2.31. The number of nitrogens with zero attached hydrogens (tertiary/aromatic N) is 3. The predicted octanol–water partition coefficient (Wildman–Crippen LogP) is 2.31. The van der Waals surface area contributed by atoms with Crippen molar-refractivity contribution >= 4 is 44.2 Å². The molecule has 0 radical (unpaired) electrons. The van der Waals surface area contributed by atoms with Gasteiger partial charge >= 0.3 is 0 Å². The minimum Gasteiger partial charge on any atom is -0.497 e. The first-order chi connectivity index (χ1) is 12.9. The molecule has 0 bridgehead atoms. The molecule has 1 saturated heterocycles. The molecule has 0 aliphatic carbocycles. The lowest BCUT2D eigenvalue weighted by Crippen LogP contribution is -2.43. The van der Waals surface area contributed by atoms with Gasteiger partial charge in [0.25, 0.3) is 0 Å². The number of anilines is 1. The quantitative estimate of drug-likeness (QED) is 0.556. The minimum absolute atomic E-state index is 0.147. The third-order valence-corrected chi connectivity index (χ3v) is 7.96. The third kappa shape index (κ3) is 4.60. The van der Waals surface area contributed by atoms with Crippen LogP contribution in [0.2, 0.25) is 0 Å². The Morgan fingerprint density at radius 1 is 1.33 bits per heavy atom. The number of sulfonamides is 1. The van der Waals surface area contributed by atoms with Gasteiger partial charge in [-0.3, -0.25) is 4.79 Å². The highest BCUT2D eigenvalue weighted by Crippen LogP contribution is 2.27. The summed E-state index contributed by atoms with van der Waals surface area (Å²) in [6.07, 6.45) is 3.14. The number of hydrogen-bond acceptors (Lipinski definition) is 8. The molecule has 1 aromatic carbocycles. The van der Waals surface area contributed by atoms with Crippen LogP contribution in [0.15, 0.2) is 33.5 Å². The maximum atomic E-state index is 12.9. The van der Waals surface area contributed by atoms with Crippen LogP contribution in [-0.2, 0) is 14.8 Å². The van der Waals surface area contributed by atoms with Crippen LogP contribution in [0, 0.1) is 5.92 Å². The van der Waals surface area contributed by atoms with Gasteiger partial charge in [0, 0.05) is 13.1 Å². The Labute approximate surface area is 166 Å². The molecule has 11 heteroatoms. The van der Waals surface area contributed by atoms with Crippen LogP contribution in [0.3, 0.4) is 0 Å². The number of rotatable bonds is 6. The molecule has 1 atom stereocenters. The second-order valence-electron chi connectivity index (χ2n) is 5.94. The molecule has 0 unspecified atom stereocenters. The molecule has 0 saturated carbocycles. The number of thioether (sulfide) groups is 1. The molecule has 1 aromatic heterocycles. The molecule has 2 aromatic rings. The number of benzene rings is 1. The summed E-state index contributed by atoms with van der Waals surface area (Å²) in [5, 5.41) is 11.0. The number of piperidine rings is 1. The molecular weight excluding hydrogens is 408 g/mol.